The van der Waals surface area contributed by atoms with Gasteiger partial charge in [0.1, 0.15) is 11.5 Å². The lowest BCUT2D eigenvalue weighted by Crippen LogP contribution is -2.08. The molecule has 0 spiro atoms. The third-order valence-corrected chi connectivity index (χ3v) is 5.17. The first-order valence-electron chi connectivity index (χ1n) is 11.7. The molecule has 3 aromatic rings. The van der Waals surface area contributed by atoms with Crippen molar-refractivity contribution in [2.45, 2.75) is 12.8 Å². The Morgan fingerprint density at radius 1 is 0.611 bits per heavy atom. The molecule has 0 amide bonds. The molecule has 6 nitrogen and oxygen atoms in total. The van der Waals surface area contributed by atoms with Crippen molar-refractivity contribution in [1.29, 1.82) is 0 Å². The van der Waals surface area contributed by atoms with Crippen LogP contribution in [0.3, 0.4) is 0 Å². The number of carbonyl (C=O) groups is 2. The zero-order valence-corrected chi connectivity index (χ0v) is 20.2. The molecule has 0 radical (unpaired) electrons. The molecule has 186 valence electrons. The number of hydrogen-bond donors (Lipinski definition) is 0. The van der Waals surface area contributed by atoms with Crippen LogP contribution in [0.25, 0.3) is 22.3 Å². The van der Waals surface area contributed by atoms with E-state index in [2.05, 4.69) is 19.2 Å². The van der Waals surface area contributed by atoms with Gasteiger partial charge < -0.3 is 18.9 Å². The lowest BCUT2D eigenvalue weighted by atomic mass is 9.97. The summed E-state index contributed by atoms with van der Waals surface area (Å²) in [5.74, 6) is 0.399. The van der Waals surface area contributed by atoms with E-state index in [0.717, 1.165) is 34.4 Å². The molecular formula is C30H30O6. The smallest absolute Gasteiger partial charge is 0.330 e. The monoisotopic (exact) mass is 486 g/mol. The first-order chi connectivity index (χ1) is 17.6. The van der Waals surface area contributed by atoms with Crippen molar-refractivity contribution in [1.82, 2.24) is 0 Å². The molecule has 0 aliphatic heterocycles. The predicted octanol–water partition coefficient (Wildman–Crippen LogP) is 6.02. The molecule has 3 aromatic carbocycles. The fraction of sp³-hybridized carbons (Fsp3) is 0.200. The van der Waals surface area contributed by atoms with E-state index in [9.17, 15) is 9.59 Å². The number of benzene rings is 3. The van der Waals surface area contributed by atoms with E-state index in [1.807, 2.05) is 66.7 Å². The highest BCUT2D eigenvalue weighted by Gasteiger charge is 2.16. The van der Waals surface area contributed by atoms with E-state index in [1.165, 1.54) is 0 Å². The molecule has 0 aliphatic rings. The van der Waals surface area contributed by atoms with E-state index in [4.69, 9.17) is 18.9 Å². The summed E-state index contributed by atoms with van der Waals surface area (Å²) in [6, 6.07) is 23.9. The standard InChI is InChI=1S/C30H30O6/c1-3-29(31)35-19-11-17-33-27-22-28(34-18-12-20-36-30(32)4-2)26(24-15-9-6-10-16-24)21-25(27)23-13-7-5-8-14-23/h3-10,13-16,21-22H,1-2,11-12,17-20H2. The highest BCUT2D eigenvalue weighted by atomic mass is 16.5. The molecule has 0 saturated heterocycles. The fourth-order valence-corrected chi connectivity index (χ4v) is 3.43. The summed E-state index contributed by atoms with van der Waals surface area (Å²) in [6.45, 7) is 7.97. The number of hydrogen-bond acceptors (Lipinski definition) is 6. The third kappa shape index (κ3) is 7.87. The van der Waals surface area contributed by atoms with Crippen LogP contribution >= 0.6 is 0 Å². The van der Waals surface area contributed by atoms with Crippen molar-refractivity contribution in [2.75, 3.05) is 26.4 Å². The maximum Gasteiger partial charge on any atom is 0.330 e. The van der Waals surface area contributed by atoms with E-state index in [-0.39, 0.29) is 13.2 Å². The van der Waals surface area contributed by atoms with Gasteiger partial charge in [0.15, 0.2) is 0 Å². The lowest BCUT2D eigenvalue weighted by Gasteiger charge is -2.18. The van der Waals surface area contributed by atoms with Gasteiger partial charge in [-0.3, -0.25) is 0 Å². The summed E-state index contributed by atoms with van der Waals surface area (Å²) in [5, 5.41) is 0. The summed E-state index contributed by atoms with van der Waals surface area (Å²) in [5.41, 5.74) is 3.85. The molecule has 36 heavy (non-hydrogen) atoms. The first kappa shape index (κ1) is 26.3. The van der Waals surface area contributed by atoms with Gasteiger partial charge in [-0.05, 0) is 17.2 Å². The van der Waals surface area contributed by atoms with Crippen LogP contribution < -0.4 is 9.47 Å². The van der Waals surface area contributed by atoms with Crippen molar-refractivity contribution in [3.63, 3.8) is 0 Å². The lowest BCUT2D eigenvalue weighted by molar-refractivity contribution is -0.138. The zero-order valence-electron chi connectivity index (χ0n) is 20.2. The van der Waals surface area contributed by atoms with Crippen LogP contribution in [0.5, 0.6) is 11.5 Å². The van der Waals surface area contributed by atoms with E-state index >= 15 is 0 Å². The highest BCUT2D eigenvalue weighted by Crippen LogP contribution is 2.41. The van der Waals surface area contributed by atoms with Crippen LogP contribution in [-0.2, 0) is 19.1 Å². The first-order valence-corrected chi connectivity index (χ1v) is 11.7. The number of ether oxygens (including phenoxy) is 4. The van der Waals surface area contributed by atoms with Gasteiger partial charge in [0.05, 0.1) is 26.4 Å². The molecule has 0 heterocycles. The second-order valence-electron chi connectivity index (χ2n) is 7.72. The minimum Gasteiger partial charge on any atom is -0.493 e. The Kier molecular flexibility index (Phi) is 10.3. The molecule has 6 heteroatoms. The predicted molar refractivity (Wildman–Crippen MR) is 140 cm³/mol. The average Bonchev–Trinajstić information content (AvgIpc) is 2.93. The molecule has 3 rings (SSSR count). The summed E-state index contributed by atoms with van der Waals surface area (Å²) in [7, 11) is 0. The minimum absolute atomic E-state index is 0.237. The highest BCUT2D eigenvalue weighted by molar-refractivity contribution is 5.82. The number of esters is 2. The quantitative estimate of drug-likeness (QED) is 0.158. The molecule has 0 atom stereocenters. The molecule has 0 unspecified atom stereocenters. The Labute approximate surface area is 211 Å². The summed E-state index contributed by atoms with van der Waals surface area (Å²) in [4.78, 5) is 22.5. The van der Waals surface area contributed by atoms with Crippen LogP contribution in [0, 0.1) is 0 Å². The average molecular weight is 487 g/mol. The Morgan fingerprint density at radius 3 is 1.42 bits per heavy atom. The van der Waals surface area contributed by atoms with Gasteiger partial charge in [-0.25, -0.2) is 9.59 Å². The Balaban J connectivity index is 1.86. The van der Waals surface area contributed by atoms with Gasteiger partial charge in [0.2, 0.25) is 0 Å². The summed E-state index contributed by atoms with van der Waals surface area (Å²) < 4.78 is 22.4. The molecule has 0 aliphatic carbocycles. The van der Waals surface area contributed by atoms with Crippen LogP contribution in [0.15, 0.2) is 98.1 Å². The van der Waals surface area contributed by atoms with Gasteiger partial charge in [0.25, 0.3) is 0 Å². The van der Waals surface area contributed by atoms with E-state index in [0.29, 0.717) is 37.6 Å². The normalized spacial score (nSPS) is 10.2. The maximum atomic E-state index is 11.3. The van der Waals surface area contributed by atoms with Gasteiger partial charge >= 0.3 is 11.9 Å². The second kappa shape index (κ2) is 14.2. The summed E-state index contributed by atoms with van der Waals surface area (Å²) in [6.07, 6.45) is 3.33. The molecule has 0 fully saturated rings. The third-order valence-electron chi connectivity index (χ3n) is 5.17. The van der Waals surface area contributed by atoms with Crippen molar-refractivity contribution < 1.29 is 28.5 Å². The van der Waals surface area contributed by atoms with Crippen LogP contribution in [0.2, 0.25) is 0 Å². The van der Waals surface area contributed by atoms with Gasteiger partial charge in [-0.2, -0.15) is 0 Å². The zero-order chi connectivity index (χ0) is 25.6. The van der Waals surface area contributed by atoms with Crippen molar-refractivity contribution >= 4 is 11.9 Å². The van der Waals surface area contributed by atoms with Crippen LogP contribution in [0.1, 0.15) is 12.8 Å². The van der Waals surface area contributed by atoms with Gasteiger partial charge in [-0.1, -0.05) is 73.8 Å². The van der Waals surface area contributed by atoms with Crippen LogP contribution in [-0.4, -0.2) is 38.4 Å². The SMILES string of the molecule is C=CC(=O)OCCCOc1cc(OCCCOC(=O)C=C)c(-c2ccccc2)cc1-c1ccccc1. The Morgan fingerprint density at radius 2 is 1.03 bits per heavy atom. The fourth-order valence-electron chi connectivity index (χ4n) is 3.43. The minimum atomic E-state index is -0.457. The largest absolute Gasteiger partial charge is 0.493 e. The molecule has 0 aromatic heterocycles. The Bertz CT molecular complexity index is 1070. The van der Waals surface area contributed by atoms with E-state index in [1.54, 1.807) is 0 Å². The number of rotatable bonds is 14. The maximum absolute atomic E-state index is 11.3. The molecule has 0 N–H and O–H groups in total. The second-order valence-corrected chi connectivity index (χ2v) is 7.72. The van der Waals surface area contributed by atoms with Crippen molar-refractivity contribution in [2.24, 2.45) is 0 Å². The van der Waals surface area contributed by atoms with Gasteiger partial charge in [0, 0.05) is 42.2 Å². The molecular weight excluding hydrogens is 456 g/mol. The number of carbonyl (C=O) groups excluding carboxylic acids is 2. The van der Waals surface area contributed by atoms with Crippen molar-refractivity contribution in [3.05, 3.63) is 98.1 Å². The summed E-state index contributed by atoms with van der Waals surface area (Å²) >= 11 is 0. The molecule has 0 saturated carbocycles. The van der Waals surface area contributed by atoms with E-state index < -0.39 is 11.9 Å². The van der Waals surface area contributed by atoms with Crippen molar-refractivity contribution in [3.8, 4) is 33.8 Å². The topological polar surface area (TPSA) is 71.1 Å². The Hall–Kier alpha value is -4.32. The molecule has 0 bridgehead atoms. The van der Waals surface area contributed by atoms with Gasteiger partial charge in [-0.15, -0.1) is 0 Å². The van der Waals surface area contributed by atoms with Crippen LogP contribution in [0.4, 0.5) is 0 Å².